The normalized spacial score (nSPS) is 19.4. The fourth-order valence-corrected chi connectivity index (χ4v) is 2.94. The largest absolute Gasteiger partial charge is 0.370 e. The van der Waals surface area contributed by atoms with Gasteiger partial charge in [0.2, 0.25) is 5.91 Å². The molecule has 1 unspecified atom stereocenters. The van der Waals surface area contributed by atoms with Crippen molar-refractivity contribution in [3.8, 4) is 0 Å². The second-order valence-electron chi connectivity index (χ2n) is 4.19. The Hall–Kier alpha value is -0.940. The van der Waals surface area contributed by atoms with Crippen LogP contribution in [-0.2, 0) is 17.6 Å². The molecule has 0 fully saturated rings. The Labute approximate surface area is 99.3 Å². The number of carbonyl (C=O) groups excluding carboxylic acids is 1. The first kappa shape index (κ1) is 11.5. The summed E-state index contributed by atoms with van der Waals surface area (Å²) in [4.78, 5) is 16.3. The molecule has 2 rings (SSSR count). The molecule has 3 N–H and O–H groups in total. The number of nitrogens with one attached hydrogen (secondary N) is 1. The van der Waals surface area contributed by atoms with E-state index >= 15 is 0 Å². The lowest BCUT2D eigenvalue weighted by Crippen LogP contribution is -2.35. The van der Waals surface area contributed by atoms with Gasteiger partial charge in [0.05, 0.1) is 11.2 Å². The minimum Gasteiger partial charge on any atom is -0.370 e. The van der Waals surface area contributed by atoms with E-state index < -0.39 is 0 Å². The van der Waals surface area contributed by atoms with Gasteiger partial charge in [-0.15, -0.1) is 11.3 Å². The van der Waals surface area contributed by atoms with Gasteiger partial charge in [-0.05, 0) is 32.2 Å². The van der Waals surface area contributed by atoms with Gasteiger partial charge in [0, 0.05) is 17.3 Å². The van der Waals surface area contributed by atoms with Crippen LogP contribution in [0.1, 0.15) is 29.8 Å². The molecule has 1 amide bonds. The molecule has 1 heterocycles. The molecular formula is C11H17N3OS. The first-order valence-corrected chi connectivity index (χ1v) is 6.56. The van der Waals surface area contributed by atoms with Crippen LogP contribution in [0, 0.1) is 0 Å². The molecule has 88 valence electrons. The van der Waals surface area contributed by atoms with Crippen molar-refractivity contribution in [2.45, 2.75) is 38.1 Å². The van der Waals surface area contributed by atoms with Gasteiger partial charge < -0.3 is 11.1 Å². The van der Waals surface area contributed by atoms with Crippen molar-refractivity contribution < 1.29 is 4.79 Å². The fraction of sp³-hybridized carbons (Fsp3) is 0.636. The molecule has 1 aromatic rings. The second kappa shape index (κ2) is 5.41. The molecule has 1 aliphatic carbocycles. The van der Waals surface area contributed by atoms with Crippen LogP contribution >= 0.6 is 11.3 Å². The average molecular weight is 239 g/mol. The summed E-state index contributed by atoms with van der Waals surface area (Å²) in [6, 6.07) is 0.542. The van der Waals surface area contributed by atoms with Crippen molar-refractivity contribution in [3.63, 3.8) is 0 Å². The smallest absolute Gasteiger partial charge is 0.217 e. The van der Waals surface area contributed by atoms with E-state index in [1.807, 2.05) is 5.51 Å². The Morgan fingerprint density at radius 1 is 1.69 bits per heavy atom. The third-order valence-electron chi connectivity index (χ3n) is 2.92. The summed E-state index contributed by atoms with van der Waals surface area (Å²) in [6.45, 7) is 0.877. The van der Waals surface area contributed by atoms with E-state index in [-0.39, 0.29) is 5.91 Å². The first-order valence-electron chi connectivity index (χ1n) is 5.68. The van der Waals surface area contributed by atoms with Gasteiger partial charge in [-0.25, -0.2) is 4.98 Å². The van der Waals surface area contributed by atoms with E-state index in [4.69, 9.17) is 5.73 Å². The monoisotopic (exact) mass is 239 g/mol. The van der Waals surface area contributed by atoms with Crippen molar-refractivity contribution in [3.05, 3.63) is 16.1 Å². The molecule has 0 saturated carbocycles. The zero-order valence-corrected chi connectivity index (χ0v) is 10.1. The molecule has 0 aromatic carbocycles. The first-order chi connectivity index (χ1) is 7.75. The standard InChI is InChI=1S/C11H17N3OS/c12-11(15)2-1-5-13-8-3-4-9-10(6-8)16-7-14-9/h7-8,13H,1-6H2,(H2,12,15). The number of hydrogen-bond acceptors (Lipinski definition) is 4. The van der Waals surface area contributed by atoms with Crippen LogP contribution in [0.15, 0.2) is 5.51 Å². The zero-order chi connectivity index (χ0) is 11.4. The molecule has 0 bridgehead atoms. The molecular weight excluding hydrogens is 222 g/mol. The molecule has 0 radical (unpaired) electrons. The number of aromatic nitrogens is 1. The van der Waals surface area contributed by atoms with Crippen molar-refractivity contribution in [1.82, 2.24) is 10.3 Å². The van der Waals surface area contributed by atoms with Gasteiger partial charge in [0.15, 0.2) is 0 Å². The Bertz CT molecular complexity index is 364. The third-order valence-corrected chi connectivity index (χ3v) is 3.82. The molecule has 5 heteroatoms. The Morgan fingerprint density at radius 2 is 2.56 bits per heavy atom. The maximum atomic E-state index is 10.6. The molecule has 1 atom stereocenters. The molecule has 0 aliphatic heterocycles. The van der Waals surface area contributed by atoms with E-state index in [2.05, 4.69) is 10.3 Å². The minimum absolute atomic E-state index is 0.213. The number of primary amides is 1. The quantitative estimate of drug-likeness (QED) is 0.749. The molecule has 0 spiro atoms. The highest BCUT2D eigenvalue weighted by Crippen LogP contribution is 2.23. The van der Waals surface area contributed by atoms with Crippen LogP contribution < -0.4 is 11.1 Å². The van der Waals surface area contributed by atoms with E-state index in [9.17, 15) is 4.79 Å². The lowest BCUT2D eigenvalue weighted by Gasteiger charge is -2.22. The van der Waals surface area contributed by atoms with Crippen LogP contribution in [-0.4, -0.2) is 23.5 Å². The highest BCUT2D eigenvalue weighted by Gasteiger charge is 2.19. The summed E-state index contributed by atoms with van der Waals surface area (Å²) in [5.41, 5.74) is 8.30. The average Bonchev–Trinajstić information content (AvgIpc) is 2.71. The minimum atomic E-state index is -0.213. The number of thiazole rings is 1. The van der Waals surface area contributed by atoms with E-state index in [0.717, 1.165) is 32.2 Å². The van der Waals surface area contributed by atoms with Crippen LogP contribution in [0.3, 0.4) is 0 Å². The number of carbonyl (C=O) groups is 1. The molecule has 4 nitrogen and oxygen atoms in total. The predicted molar refractivity (Wildman–Crippen MR) is 64.4 cm³/mol. The van der Waals surface area contributed by atoms with E-state index in [0.29, 0.717) is 12.5 Å². The molecule has 0 saturated heterocycles. The van der Waals surface area contributed by atoms with Gasteiger partial charge in [0.25, 0.3) is 0 Å². The number of amides is 1. The topological polar surface area (TPSA) is 68.0 Å². The number of nitrogens with two attached hydrogens (primary N) is 1. The predicted octanol–water partition coefficient (Wildman–Crippen LogP) is 0.855. The summed E-state index contributed by atoms with van der Waals surface area (Å²) >= 11 is 1.75. The van der Waals surface area contributed by atoms with Gasteiger partial charge >= 0.3 is 0 Å². The molecule has 1 aliphatic rings. The van der Waals surface area contributed by atoms with Crippen molar-refractivity contribution in [1.29, 1.82) is 0 Å². The van der Waals surface area contributed by atoms with Crippen LogP contribution in [0.25, 0.3) is 0 Å². The Morgan fingerprint density at radius 3 is 3.38 bits per heavy atom. The highest BCUT2D eigenvalue weighted by atomic mass is 32.1. The summed E-state index contributed by atoms with van der Waals surface area (Å²) < 4.78 is 0. The highest BCUT2D eigenvalue weighted by molar-refractivity contribution is 7.09. The maximum Gasteiger partial charge on any atom is 0.217 e. The van der Waals surface area contributed by atoms with Gasteiger partial charge in [-0.3, -0.25) is 4.79 Å². The van der Waals surface area contributed by atoms with Crippen molar-refractivity contribution in [2.75, 3.05) is 6.54 Å². The Balaban J connectivity index is 1.71. The van der Waals surface area contributed by atoms with Crippen molar-refractivity contribution >= 4 is 17.2 Å². The lowest BCUT2D eigenvalue weighted by molar-refractivity contribution is -0.118. The SMILES string of the molecule is NC(=O)CCCNC1CCc2ncsc2C1. The summed E-state index contributed by atoms with van der Waals surface area (Å²) in [6.07, 6.45) is 4.61. The summed E-state index contributed by atoms with van der Waals surface area (Å²) in [7, 11) is 0. The van der Waals surface area contributed by atoms with Gasteiger partial charge in [-0.1, -0.05) is 0 Å². The zero-order valence-electron chi connectivity index (χ0n) is 9.24. The number of nitrogens with zero attached hydrogens (tertiary/aromatic N) is 1. The Kier molecular flexibility index (Phi) is 3.90. The van der Waals surface area contributed by atoms with Crippen LogP contribution in [0.5, 0.6) is 0 Å². The fourth-order valence-electron chi connectivity index (χ4n) is 2.04. The number of rotatable bonds is 5. The van der Waals surface area contributed by atoms with Crippen LogP contribution in [0.4, 0.5) is 0 Å². The number of hydrogen-bond donors (Lipinski definition) is 2. The van der Waals surface area contributed by atoms with Crippen molar-refractivity contribution in [2.24, 2.45) is 5.73 Å². The lowest BCUT2D eigenvalue weighted by atomic mass is 9.97. The second-order valence-corrected chi connectivity index (χ2v) is 5.13. The van der Waals surface area contributed by atoms with Gasteiger partial charge in [0.1, 0.15) is 0 Å². The van der Waals surface area contributed by atoms with Gasteiger partial charge in [-0.2, -0.15) is 0 Å². The number of fused-ring (bicyclic) bond motifs is 1. The van der Waals surface area contributed by atoms with Crippen LogP contribution in [0.2, 0.25) is 0 Å². The summed E-state index contributed by atoms with van der Waals surface area (Å²) in [5, 5.41) is 3.48. The summed E-state index contributed by atoms with van der Waals surface area (Å²) in [5.74, 6) is -0.213. The third kappa shape index (κ3) is 3.02. The molecule has 1 aromatic heterocycles. The molecule has 16 heavy (non-hydrogen) atoms. The van der Waals surface area contributed by atoms with E-state index in [1.165, 1.54) is 10.6 Å². The maximum absolute atomic E-state index is 10.6. The van der Waals surface area contributed by atoms with E-state index in [1.54, 1.807) is 11.3 Å². The number of aryl methyl sites for hydroxylation is 1.